The van der Waals surface area contributed by atoms with Crippen LogP contribution in [0.2, 0.25) is 0 Å². The van der Waals surface area contributed by atoms with Gasteiger partial charge in [0.2, 0.25) is 0 Å². The second kappa shape index (κ2) is 8.90. The number of nitro benzene ring substituents is 1. The van der Waals surface area contributed by atoms with Gasteiger partial charge >= 0.3 is 6.18 Å². The molecule has 0 heterocycles. The highest BCUT2D eigenvalue weighted by atomic mass is 19.4. The molecule has 1 N–H and O–H groups in total. The van der Waals surface area contributed by atoms with E-state index in [1.807, 2.05) is 0 Å². The Morgan fingerprint density at radius 2 is 1.78 bits per heavy atom. The monoisotopic (exact) mass is 381 g/mol. The van der Waals surface area contributed by atoms with Gasteiger partial charge in [-0.25, -0.2) is 5.43 Å². The highest BCUT2D eigenvalue weighted by molar-refractivity contribution is 5.94. The molecule has 0 aliphatic carbocycles. The van der Waals surface area contributed by atoms with Crippen LogP contribution >= 0.6 is 0 Å². The fourth-order valence-electron chi connectivity index (χ4n) is 1.95. The number of carbonyl (C=O) groups excluding carboxylic acids is 1. The number of hydrogen-bond donors (Lipinski definition) is 1. The number of benzene rings is 2. The number of non-ortho nitro benzene ring substituents is 1. The van der Waals surface area contributed by atoms with Crippen LogP contribution in [0, 0.1) is 10.1 Å². The van der Waals surface area contributed by atoms with Gasteiger partial charge in [0, 0.05) is 17.7 Å². The van der Waals surface area contributed by atoms with Gasteiger partial charge in [-0.05, 0) is 35.4 Å². The van der Waals surface area contributed by atoms with Gasteiger partial charge < -0.3 is 4.74 Å². The van der Waals surface area contributed by atoms with Gasteiger partial charge in [-0.1, -0.05) is 12.1 Å². The first-order chi connectivity index (χ1) is 12.7. The Hall–Kier alpha value is -3.27. The lowest BCUT2D eigenvalue weighted by molar-refractivity contribution is -0.384. The van der Waals surface area contributed by atoms with Gasteiger partial charge in [0.15, 0.2) is 0 Å². The predicted molar refractivity (Wildman–Crippen MR) is 90.3 cm³/mol. The molecule has 2 rings (SSSR count). The summed E-state index contributed by atoms with van der Waals surface area (Å²) in [6, 6.07) is 11.4. The third kappa shape index (κ3) is 6.86. The van der Waals surface area contributed by atoms with Crippen molar-refractivity contribution in [1.82, 2.24) is 5.43 Å². The van der Waals surface area contributed by atoms with Crippen LogP contribution in [0.5, 0.6) is 0 Å². The van der Waals surface area contributed by atoms with E-state index in [2.05, 4.69) is 15.3 Å². The van der Waals surface area contributed by atoms with Gasteiger partial charge in [-0.3, -0.25) is 14.9 Å². The molecule has 0 atom stereocenters. The lowest BCUT2D eigenvalue weighted by Crippen LogP contribution is -2.18. The number of nitrogens with one attached hydrogen (secondary N) is 1. The average molecular weight is 381 g/mol. The SMILES string of the molecule is O=C(NN=Cc1ccc([N+](=O)[O-])cc1)c1ccc(COCC(F)(F)F)cc1. The van der Waals surface area contributed by atoms with Crippen molar-refractivity contribution in [2.45, 2.75) is 12.8 Å². The fourth-order valence-corrected chi connectivity index (χ4v) is 1.95. The number of hydrogen-bond acceptors (Lipinski definition) is 5. The molecule has 0 aromatic heterocycles. The van der Waals surface area contributed by atoms with E-state index in [1.54, 1.807) is 0 Å². The van der Waals surface area contributed by atoms with Crippen molar-refractivity contribution >= 4 is 17.8 Å². The molecule has 0 saturated heterocycles. The standard InChI is InChI=1S/C17H14F3N3O4/c18-17(19,20)11-27-10-13-1-5-14(6-2-13)16(24)22-21-9-12-3-7-15(8-4-12)23(25)26/h1-9H,10-11H2,(H,22,24). The average Bonchev–Trinajstić information content (AvgIpc) is 2.61. The van der Waals surface area contributed by atoms with Gasteiger partial charge in [0.1, 0.15) is 6.61 Å². The lowest BCUT2D eigenvalue weighted by Gasteiger charge is -2.08. The normalized spacial score (nSPS) is 11.5. The van der Waals surface area contributed by atoms with E-state index >= 15 is 0 Å². The summed E-state index contributed by atoms with van der Waals surface area (Å²) in [7, 11) is 0. The summed E-state index contributed by atoms with van der Waals surface area (Å²) in [5, 5.41) is 14.3. The van der Waals surface area contributed by atoms with E-state index in [0.29, 0.717) is 11.1 Å². The zero-order valence-electron chi connectivity index (χ0n) is 13.8. The highest BCUT2D eigenvalue weighted by Gasteiger charge is 2.27. The summed E-state index contributed by atoms with van der Waals surface area (Å²) in [5.41, 5.74) is 3.53. The fraction of sp³-hybridized carbons (Fsp3) is 0.176. The Morgan fingerprint density at radius 1 is 1.15 bits per heavy atom. The summed E-state index contributed by atoms with van der Waals surface area (Å²) in [5.74, 6) is -0.518. The van der Waals surface area contributed by atoms with Crippen molar-refractivity contribution in [3.8, 4) is 0 Å². The number of amides is 1. The minimum atomic E-state index is -4.39. The van der Waals surface area contributed by atoms with E-state index in [1.165, 1.54) is 54.7 Å². The van der Waals surface area contributed by atoms with Crippen LogP contribution in [-0.2, 0) is 11.3 Å². The molecular weight excluding hydrogens is 367 g/mol. The Kier molecular flexibility index (Phi) is 6.61. The van der Waals surface area contributed by atoms with E-state index in [0.717, 1.165) is 0 Å². The molecule has 0 aliphatic heterocycles. The number of carbonyl (C=O) groups is 1. The van der Waals surface area contributed by atoms with Crippen molar-refractivity contribution in [2.24, 2.45) is 5.10 Å². The smallest absolute Gasteiger partial charge is 0.367 e. The first-order valence-corrected chi connectivity index (χ1v) is 7.56. The van der Waals surface area contributed by atoms with E-state index in [4.69, 9.17) is 0 Å². The van der Waals surface area contributed by atoms with Gasteiger partial charge in [0.25, 0.3) is 11.6 Å². The summed E-state index contributed by atoms with van der Waals surface area (Å²) < 4.78 is 40.5. The van der Waals surface area contributed by atoms with Gasteiger partial charge in [-0.15, -0.1) is 0 Å². The number of rotatable bonds is 7. The summed E-state index contributed by atoms with van der Waals surface area (Å²) in [4.78, 5) is 22.0. The van der Waals surface area contributed by atoms with Crippen molar-refractivity contribution < 1.29 is 27.6 Å². The number of hydrazone groups is 1. The molecule has 2 aromatic carbocycles. The van der Waals surface area contributed by atoms with E-state index in [-0.39, 0.29) is 17.9 Å². The third-order valence-electron chi connectivity index (χ3n) is 3.23. The van der Waals surface area contributed by atoms with Crippen LogP contribution in [0.25, 0.3) is 0 Å². The quantitative estimate of drug-likeness (QED) is 0.452. The predicted octanol–water partition coefficient (Wildman–Crippen LogP) is 3.44. The second-order valence-corrected chi connectivity index (χ2v) is 5.35. The molecule has 7 nitrogen and oxygen atoms in total. The maximum atomic E-state index is 12.0. The van der Waals surface area contributed by atoms with Crippen molar-refractivity contribution in [1.29, 1.82) is 0 Å². The minimum absolute atomic E-state index is 0.0597. The maximum Gasteiger partial charge on any atom is 0.411 e. The third-order valence-corrected chi connectivity index (χ3v) is 3.23. The molecule has 0 aliphatic rings. The zero-order chi connectivity index (χ0) is 19.9. The lowest BCUT2D eigenvalue weighted by atomic mass is 10.1. The largest absolute Gasteiger partial charge is 0.411 e. The second-order valence-electron chi connectivity index (χ2n) is 5.35. The van der Waals surface area contributed by atoms with Gasteiger partial charge in [0.05, 0.1) is 17.7 Å². The van der Waals surface area contributed by atoms with Crippen LogP contribution in [0.15, 0.2) is 53.6 Å². The van der Waals surface area contributed by atoms with Gasteiger partial charge in [-0.2, -0.15) is 18.3 Å². The van der Waals surface area contributed by atoms with Crippen molar-refractivity contribution in [3.05, 3.63) is 75.3 Å². The van der Waals surface area contributed by atoms with Crippen LogP contribution in [0.4, 0.5) is 18.9 Å². The van der Waals surface area contributed by atoms with Crippen LogP contribution in [-0.4, -0.2) is 29.8 Å². The molecule has 0 fully saturated rings. The first kappa shape index (κ1) is 20.0. The Morgan fingerprint density at radius 3 is 2.33 bits per heavy atom. The molecule has 0 radical (unpaired) electrons. The Balaban J connectivity index is 1.85. The van der Waals surface area contributed by atoms with E-state index < -0.39 is 23.6 Å². The van der Waals surface area contributed by atoms with Crippen LogP contribution in [0.1, 0.15) is 21.5 Å². The first-order valence-electron chi connectivity index (χ1n) is 7.56. The molecule has 0 unspecified atom stereocenters. The topological polar surface area (TPSA) is 93.8 Å². The molecule has 142 valence electrons. The minimum Gasteiger partial charge on any atom is -0.367 e. The molecule has 0 saturated carbocycles. The molecular formula is C17H14F3N3O4. The summed E-state index contributed by atoms with van der Waals surface area (Å²) in [6.45, 7) is -1.56. The molecule has 0 spiro atoms. The summed E-state index contributed by atoms with van der Waals surface area (Å²) >= 11 is 0. The number of nitro groups is 1. The number of ether oxygens (including phenoxy) is 1. The highest BCUT2D eigenvalue weighted by Crippen LogP contribution is 2.16. The molecule has 1 amide bonds. The Labute approximate surface area is 151 Å². The molecule has 10 heteroatoms. The maximum absolute atomic E-state index is 12.0. The van der Waals surface area contributed by atoms with E-state index in [9.17, 15) is 28.1 Å². The number of alkyl halides is 3. The van der Waals surface area contributed by atoms with Crippen LogP contribution in [0.3, 0.4) is 0 Å². The summed E-state index contributed by atoms with van der Waals surface area (Å²) in [6.07, 6.45) is -3.07. The zero-order valence-corrected chi connectivity index (χ0v) is 13.8. The number of nitrogens with zero attached hydrogens (tertiary/aromatic N) is 2. The molecule has 0 bridgehead atoms. The molecule has 2 aromatic rings. The Bertz CT molecular complexity index is 819. The number of halogens is 3. The van der Waals surface area contributed by atoms with Crippen molar-refractivity contribution in [2.75, 3.05) is 6.61 Å². The van der Waals surface area contributed by atoms with Crippen molar-refractivity contribution in [3.63, 3.8) is 0 Å². The molecule has 27 heavy (non-hydrogen) atoms. The van der Waals surface area contributed by atoms with Crippen LogP contribution < -0.4 is 5.43 Å².